The van der Waals surface area contributed by atoms with E-state index in [0.29, 0.717) is 31.1 Å². The first kappa shape index (κ1) is 18.4. The Bertz CT molecular complexity index is 680. The van der Waals surface area contributed by atoms with Gasteiger partial charge in [-0.05, 0) is 30.5 Å². The summed E-state index contributed by atoms with van der Waals surface area (Å²) in [5, 5.41) is 2.59. The third kappa shape index (κ3) is 3.89. The molecule has 26 heavy (non-hydrogen) atoms. The van der Waals surface area contributed by atoms with Gasteiger partial charge >= 0.3 is 0 Å². The van der Waals surface area contributed by atoms with Gasteiger partial charge in [-0.15, -0.1) is 0 Å². The number of hydrogen-bond acceptors (Lipinski definition) is 3. The van der Waals surface area contributed by atoms with Crippen molar-refractivity contribution >= 4 is 17.7 Å². The molecule has 1 N–H and O–H groups in total. The van der Waals surface area contributed by atoms with Gasteiger partial charge in [0.15, 0.2) is 0 Å². The Kier molecular flexibility index (Phi) is 5.59. The van der Waals surface area contributed by atoms with Crippen molar-refractivity contribution in [2.24, 2.45) is 5.92 Å². The average molecular weight is 357 g/mol. The number of nitrogens with zero attached hydrogens (tertiary/aromatic N) is 2. The Morgan fingerprint density at radius 2 is 1.85 bits per heavy atom. The zero-order chi connectivity index (χ0) is 18.7. The van der Waals surface area contributed by atoms with Crippen molar-refractivity contribution in [3.8, 4) is 0 Å². The molecule has 0 spiro atoms. The quantitative estimate of drug-likeness (QED) is 0.873. The molecule has 1 saturated carbocycles. The molecule has 2 fully saturated rings. The summed E-state index contributed by atoms with van der Waals surface area (Å²) < 4.78 is 0. The number of rotatable bonds is 5. The number of benzene rings is 1. The fraction of sp³-hybridized carbons (Fsp3) is 0.550. The molecule has 1 saturated heterocycles. The number of carbonyl (C=O) groups is 3. The van der Waals surface area contributed by atoms with E-state index in [0.717, 1.165) is 18.4 Å². The van der Waals surface area contributed by atoms with Gasteiger partial charge < -0.3 is 15.1 Å². The van der Waals surface area contributed by atoms with Gasteiger partial charge in [0.1, 0.15) is 0 Å². The largest absolute Gasteiger partial charge is 0.355 e. The van der Waals surface area contributed by atoms with Gasteiger partial charge in [-0.2, -0.15) is 0 Å². The highest BCUT2D eigenvalue weighted by atomic mass is 16.2. The summed E-state index contributed by atoms with van der Waals surface area (Å²) in [6.07, 6.45) is 4.83. The third-order valence-electron chi connectivity index (χ3n) is 5.51. The fourth-order valence-corrected chi connectivity index (χ4v) is 4.04. The van der Waals surface area contributed by atoms with Crippen LogP contribution in [0.3, 0.4) is 0 Å². The Labute approximate surface area is 154 Å². The van der Waals surface area contributed by atoms with E-state index in [1.807, 2.05) is 17.0 Å². The minimum atomic E-state index is -0.238. The maximum absolute atomic E-state index is 12.8. The van der Waals surface area contributed by atoms with Crippen molar-refractivity contribution in [1.82, 2.24) is 15.1 Å². The Morgan fingerprint density at radius 1 is 1.19 bits per heavy atom. The number of carbonyl (C=O) groups excluding carboxylic acids is 3. The van der Waals surface area contributed by atoms with Crippen LogP contribution in [0.1, 0.15) is 48.0 Å². The molecule has 0 aromatic heterocycles. The van der Waals surface area contributed by atoms with Crippen molar-refractivity contribution in [2.45, 2.75) is 44.7 Å². The maximum atomic E-state index is 12.8. The van der Waals surface area contributed by atoms with Crippen LogP contribution in [0.2, 0.25) is 0 Å². The van der Waals surface area contributed by atoms with Crippen molar-refractivity contribution in [3.63, 3.8) is 0 Å². The predicted molar refractivity (Wildman–Crippen MR) is 98.4 cm³/mol. The first-order chi connectivity index (χ1) is 12.5. The molecule has 0 unspecified atom stereocenters. The van der Waals surface area contributed by atoms with Crippen LogP contribution in [0.5, 0.6) is 0 Å². The summed E-state index contributed by atoms with van der Waals surface area (Å²) in [5.41, 5.74) is 1.56. The van der Waals surface area contributed by atoms with Crippen LogP contribution >= 0.6 is 0 Å². The molecule has 0 bridgehead atoms. The summed E-state index contributed by atoms with van der Waals surface area (Å²) in [6, 6.07) is 7.57. The second kappa shape index (κ2) is 7.89. The zero-order valence-corrected chi connectivity index (χ0v) is 15.5. The Balaban J connectivity index is 1.57. The summed E-state index contributed by atoms with van der Waals surface area (Å²) >= 11 is 0. The van der Waals surface area contributed by atoms with Gasteiger partial charge in [-0.1, -0.05) is 25.0 Å². The van der Waals surface area contributed by atoms with Gasteiger partial charge in [0.05, 0.1) is 5.92 Å². The SMILES string of the molecule is CNC(=O)c1ccc(CN(C)C(=O)[C@@H]2CC(=O)N(C3CCCC3)C2)cc1. The molecule has 1 atom stereocenters. The lowest BCUT2D eigenvalue weighted by Gasteiger charge is -2.25. The second-order valence-corrected chi connectivity index (χ2v) is 7.36. The number of likely N-dealkylation sites (tertiary alicyclic amines) is 1. The number of hydrogen-bond donors (Lipinski definition) is 1. The van der Waals surface area contributed by atoms with Crippen LogP contribution in [-0.4, -0.2) is 54.2 Å². The van der Waals surface area contributed by atoms with E-state index in [1.165, 1.54) is 12.8 Å². The van der Waals surface area contributed by atoms with E-state index in [4.69, 9.17) is 0 Å². The maximum Gasteiger partial charge on any atom is 0.251 e. The molecule has 1 heterocycles. The lowest BCUT2D eigenvalue weighted by Crippen LogP contribution is -2.37. The van der Waals surface area contributed by atoms with E-state index < -0.39 is 0 Å². The summed E-state index contributed by atoms with van der Waals surface area (Å²) in [7, 11) is 3.37. The minimum absolute atomic E-state index is 0.0224. The van der Waals surface area contributed by atoms with Crippen molar-refractivity contribution < 1.29 is 14.4 Å². The van der Waals surface area contributed by atoms with Gasteiger partial charge in [-0.25, -0.2) is 0 Å². The number of amides is 3. The molecule has 140 valence electrons. The van der Waals surface area contributed by atoms with Crippen LogP contribution in [0, 0.1) is 5.92 Å². The van der Waals surface area contributed by atoms with Crippen LogP contribution in [0.4, 0.5) is 0 Å². The Morgan fingerprint density at radius 3 is 2.46 bits per heavy atom. The van der Waals surface area contributed by atoms with Gasteiger partial charge in [0, 0.05) is 45.2 Å². The van der Waals surface area contributed by atoms with E-state index in [2.05, 4.69) is 5.32 Å². The first-order valence-electron chi connectivity index (χ1n) is 9.35. The van der Waals surface area contributed by atoms with Crippen molar-refractivity contribution in [2.75, 3.05) is 20.6 Å². The smallest absolute Gasteiger partial charge is 0.251 e. The average Bonchev–Trinajstić information content (AvgIpc) is 3.30. The van der Waals surface area contributed by atoms with Gasteiger partial charge in [0.2, 0.25) is 11.8 Å². The minimum Gasteiger partial charge on any atom is -0.355 e. The highest BCUT2D eigenvalue weighted by Gasteiger charge is 2.39. The predicted octanol–water partition coefficient (Wildman–Crippen LogP) is 1.80. The molecule has 2 aliphatic rings. The third-order valence-corrected chi connectivity index (χ3v) is 5.51. The first-order valence-corrected chi connectivity index (χ1v) is 9.35. The topological polar surface area (TPSA) is 69.7 Å². The standard InChI is InChI=1S/C20H27N3O3/c1-21-19(25)15-9-7-14(8-10-15)12-22(2)20(26)16-11-18(24)23(13-16)17-5-3-4-6-17/h7-10,16-17H,3-6,11-13H2,1-2H3,(H,21,25)/t16-/m1/s1. The molecule has 0 radical (unpaired) electrons. The molecule has 6 nitrogen and oxygen atoms in total. The highest BCUT2D eigenvalue weighted by molar-refractivity contribution is 5.94. The van der Waals surface area contributed by atoms with Crippen LogP contribution in [-0.2, 0) is 16.1 Å². The molecule has 3 amide bonds. The molecular formula is C20H27N3O3. The lowest BCUT2D eigenvalue weighted by atomic mass is 10.1. The van der Waals surface area contributed by atoms with E-state index >= 15 is 0 Å². The summed E-state index contributed by atoms with van der Waals surface area (Å²) in [4.78, 5) is 40.3. The second-order valence-electron chi connectivity index (χ2n) is 7.36. The molecule has 1 aliphatic heterocycles. The fourth-order valence-electron chi connectivity index (χ4n) is 4.04. The van der Waals surface area contributed by atoms with Crippen molar-refractivity contribution in [1.29, 1.82) is 0 Å². The molecule has 1 aromatic carbocycles. The normalized spacial score (nSPS) is 20.5. The molecular weight excluding hydrogens is 330 g/mol. The molecule has 3 rings (SSSR count). The highest BCUT2D eigenvalue weighted by Crippen LogP contribution is 2.30. The number of nitrogens with one attached hydrogen (secondary N) is 1. The molecule has 1 aromatic rings. The van der Waals surface area contributed by atoms with E-state index in [9.17, 15) is 14.4 Å². The van der Waals surface area contributed by atoms with Crippen LogP contribution in [0.25, 0.3) is 0 Å². The Hall–Kier alpha value is -2.37. The van der Waals surface area contributed by atoms with Crippen molar-refractivity contribution in [3.05, 3.63) is 35.4 Å². The lowest BCUT2D eigenvalue weighted by molar-refractivity contribution is -0.135. The van der Waals surface area contributed by atoms with Crippen LogP contribution in [0.15, 0.2) is 24.3 Å². The van der Waals surface area contributed by atoms with E-state index in [1.54, 1.807) is 31.1 Å². The van der Waals surface area contributed by atoms with Gasteiger partial charge in [0.25, 0.3) is 5.91 Å². The molecule has 1 aliphatic carbocycles. The monoisotopic (exact) mass is 357 g/mol. The molecule has 6 heteroatoms. The van der Waals surface area contributed by atoms with Gasteiger partial charge in [-0.3, -0.25) is 14.4 Å². The van der Waals surface area contributed by atoms with E-state index in [-0.39, 0.29) is 23.6 Å². The summed E-state index contributed by atoms with van der Waals surface area (Å²) in [6.45, 7) is 1.03. The summed E-state index contributed by atoms with van der Waals surface area (Å²) in [5.74, 6) is -0.219. The van der Waals surface area contributed by atoms with Crippen LogP contribution < -0.4 is 5.32 Å². The zero-order valence-electron chi connectivity index (χ0n) is 15.5.